The van der Waals surface area contributed by atoms with Gasteiger partial charge in [0, 0.05) is 28.2 Å². The molecular weight excluding hydrogens is 227 g/mol. The van der Waals surface area contributed by atoms with Gasteiger partial charge in [0.1, 0.15) is 0 Å². The average molecular weight is 250 g/mol. The van der Waals surface area contributed by atoms with Crippen molar-refractivity contribution in [2.75, 3.05) is 48.9 Å². The molecule has 0 rings (SSSR count). The van der Waals surface area contributed by atoms with Gasteiger partial charge in [0.25, 0.3) is 0 Å². The molecule has 0 saturated heterocycles. The summed E-state index contributed by atoms with van der Waals surface area (Å²) in [7, 11) is 7.69. The molecule has 6 nitrogen and oxygen atoms in total. The van der Waals surface area contributed by atoms with Crippen molar-refractivity contribution in [1.29, 1.82) is 0 Å². The van der Waals surface area contributed by atoms with Gasteiger partial charge < -0.3 is 14.3 Å². The second kappa shape index (κ2) is 6.23. The molecule has 16 heavy (non-hydrogen) atoms. The number of rotatable bonds is 4. The number of hydrogen-bond acceptors (Lipinski definition) is 2. The van der Waals surface area contributed by atoms with Gasteiger partial charge in [0.2, 0.25) is 5.96 Å². The van der Waals surface area contributed by atoms with Crippen molar-refractivity contribution in [2.45, 2.75) is 6.92 Å². The van der Waals surface area contributed by atoms with E-state index in [0.29, 0.717) is 12.6 Å². The Balaban J connectivity index is 5.23. The number of nitrogens with zero attached hydrogens (tertiary/aromatic N) is 4. The Morgan fingerprint density at radius 3 is 1.81 bits per heavy atom. The summed E-state index contributed by atoms with van der Waals surface area (Å²) in [5.41, 5.74) is 0. The third-order valence-corrected chi connectivity index (χ3v) is 3.86. The van der Waals surface area contributed by atoms with Crippen LogP contribution in [0.25, 0.3) is 0 Å². The zero-order chi connectivity index (χ0) is 12.9. The molecule has 0 N–H and O–H groups in total. The molecule has 0 saturated carbocycles. The molecule has 0 aliphatic rings. The zero-order valence-corrected chi connectivity index (χ0v) is 12.2. The lowest BCUT2D eigenvalue weighted by molar-refractivity contribution is 0.297. The maximum atomic E-state index is 12.4. The normalized spacial score (nSPS) is 14.5. The van der Waals surface area contributed by atoms with E-state index in [1.54, 1.807) is 30.8 Å². The van der Waals surface area contributed by atoms with Crippen LogP contribution in [0.3, 0.4) is 0 Å². The smallest absolute Gasteiger partial charge is 0.349 e. The Hall–Kier alpha value is -0.580. The van der Waals surface area contributed by atoms with Crippen LogP contribution in [0.1, 0.15) is 6.92 Å². The number of guanidine groups is 1. The van der Waals surface area contributed by atoms with E-state index < -0.39 is 7.67 Å². The summed E-state index contributed by atoms with van der Waals surface area (Å²) in [6, 6.07) is 0. The maximum absolute atomic E-state index is 12.4. The lowest BCUT2D eigenvalue weighted by atomic mass is 10.7. The molecule has 0 bridgehead atoms. The van der Waals surface area contributed by atoms with Gasteiger partial charge in [-0.25, -0.2) is 9.24 Å². The average Bonchev–Trinajstić information content (AvgIpc) is 2.13. The highest BCUT2D eigenvalue weighted by Crippen LogP contribution is 2.50. The third-order valence-electron chi connectivity index (χ3n) is 1.82. The van der Waals surface area contributed by atoms with Crippen molar-refractivity contribution in [3.63, 3.8) is 0 Å². The van der Waals surface area contributed by atoms with Crippen LogP contribution in [0.5, 0.6) is 0 Å². The second-order valence-electron chi connectivity index (χ2n) is 3.94. The van der Waals surface area contributed by atoms with E-state index in [0.717, 1.165) is 0 Å². The van der Waals surface area contributed by atoms with E-state index in [2.05, 4.69) is 4.76 Å². The number of hydrogen-bond donors (Lipinski definition) is 0. The summed E-state index contributed by atoms with van der Waals surface area (Å²) in [4.78, 5) is 3.60. The van der Waals surface area contributed by atoms with Gasteiger partial charge in [-0.05, 0) is 21.0 Å². The highest BCUT2D eigenvalue weighted by atomic mass is 31.2. The highest BCUT2D eigenvalue weighted by molar-refractivity contribution is 7.55. The fraction of sp³-hybridized carbons (Fsp3) is 0.889. The van der Waals surface area contributed by atoms with Crippen LogP contribution in [0.15, 0.2) is 4.76 Å². The standard InChI is InChI=1S/C9H23N4O2P/c1-8-15-16(14,13(6)7)10-9(11(2)3)12(4)5/h8H2,1-7H3. The van der Waals surface area contributed by atoms with Crippen LogP contribution >= 0.6 is 7.67 Å². The summed E-state index contributed by atoms with van der Waals surface area (Å²) in [5.74, 6) is 0.616. The summed E-state index contributed by atoms with van der Waals surface area (Å²) in [5, 5.41) is 0. The Labute approximate surface area is 98.4 Å². The van der Waals surface area contributed by atoms with Crippen LogP contribution in [0.4, 0.5) is 0 Å². The van der Waals surface area contributed by atoms with Crippen molar-refractivity contribution in [3.8, 4) is 0 Å². The zero-order valence-electron chi connectivity index (χ0n) is 11.3. The molecule has 0 spiro atoms. The Bertz CT molecular complexity index is 279. The molecule has 7 heteroatoms. The van der Waals surface area contributed by atoms with Crippen LogP contribution in [-0.2, 0) is 9.09 Å². The molecule has 0 aromatic heterocycles. The van der Waals surface area contributed by atoms with Crippen molar-refractivity contribution in [2.24, 2.45) is 4.76 Å². The molecule has 0 amide bonds. The SMILES string of the molecule is CCOP(=O)(N=C(N(C)C)N(C)C)N(C)C. The molecule has 0 radical (unpaired) electrons. The van der Waals surface area contributed by atoms with Gasteiger partial charge in [-0.1, -0.05) is 0 Å². The Morgan fingerprint density at radius 1 is 1.12 bits per heavy atom. The van der Waals surface area contributed by atoms with Crippen molar-refractivity contribution >= 4 is 13.6 Å². The summed E-state index contributed by atoms with van der Waals surface area (Å²) < 4.78 is 23.4. The minimum atomic E-state index is -3.12. The first kappa shape index (κ1) is 15.4. The van der Waals surface area contributed by atoms with E-state index in [1.807, 2.05) is 28.2 Å². The fourth-order valence-electron chi connectivity index (χ4n) is 1.09. The van der Waals surface area contributed by atoms with Gasteiger partial charge in [0.15, 0.2) is 0 Å². The van der Waals surface area contributed by atoms with Crippen molar-refractivity contribution in [1.82, 2.24) is 14.5 Å². The summed E-state index contributed by atoms with van der Waals surface area (Å²) >= 11 is 0. The summed E-state index contributed by atoms with van der Waals surface area (Å²) in [6.07, 6.45) is 0. The molecule has 0 heterocycles. The van der Waals surface area contributed by atoms with Crippen LogP contribution in [0.2, 0.25) is 0 Å². The predicted molar refractivity (Wildman–Crippen MR) is 67.7 cm³/mol. The van der Waals surface area contributed by atoms with Gasteiger partial charge in [-0.2, -0.15) is 4.76 Å². The first-order chi connectivity index (χ1) is 7.24. The molecule has 0 aromatic carbocycles. The van der Waals surface area contributed by atoms with Crippen LogP contribution in [-0.4, -0.2) is 69.3 Å². The monoisotopic (exact) mass is 250 g/mol. The first-order valence-electron chi connectivity index (χ1n) is 5.12. The van der Waals surface area contributed by atoms with E-state index in [9.17, 15) is 4.57 Å². The molecular formula is C9H23N4O2P. The minimum Gasteiger partial charge on any atom is -0.349 e. The van der Waals surface area contributed by atoms with Gasteiger partial charge in [-0.15, -0.1) is 0 Å². The maximum Gasteiger partial charge on any atom is 0.392 e. The molecule has 1 unspecified atom stereocenters. The van der Waals surface area contributed by atoms with E-state index in [-0.39, 0.29) is 0 Å². The minimum absolute atomic E-state index is 0.368. The largest absolute Gasteiger partial charge is 0.392 e. The quantitative estimate of drug-likeness (QED) is 0.426. The molecule has 0 aliphatic carbocycles. The van der Waals surface area contributed by atoms with Gasteiger partial charge in [-0.3, -0.25) is 0 Å². The first-order valence-corrected chi connectivity index (χ1v) is 6.65. The molecule has 0 fully saturated rings. The third kappa shape index (κ3) is 4.12. The molecule has 96 valence electrons. The molecule has 1 atom stereocenters. The Morgan fingerprint density at radius 2 is 1.56 bits per heavy atom. The second-order valence-corrected chi connectivity index (χ2v) is 6.18. The van der Waals surface area contributed by atoms with Crippen LogP contribution in [0, 0.1) is 0 Å². The van der Waals surface area contributed by atoms with E-state index in [4.69, 9.17) is 4.52 Å². The van der Waals surface area contributed by atoms with E-state index >= 15 is 0 Å². The van der Waals surface area contributed by atoms with E-state index in [1.165, 1.54) is 4.67 Å². The fourth-order valence-corrected chi connectivity index (χ4v) is 2.48. The topological polar surface area (TPSA) is 48.4 Å². The lowest BCUT2D eigenvalue weighted by Gasteiger charge is -2.26. The van der Waals surface area contributed by atoms with Crippen molar-refractivity contribution in [3.05, 3.63) is 0 Å². The highest BCUT2D eigenvalue weighted by Gasteiger charge is 2.27. The van der Waals surface area contributed by atoms with Crippen LogP contribution < -0.4 is 0 Å². The Kier molecular flexibility index (Phi) is 6.00. The lowest BCUT2D eigenvalue weighted by Crippen LogP contribution is -2.35. The van der Waals surface area contributed by atoms with Gasteiger partial charge >= 0.3 is 7.67 Å². The summed E-state index contributed by atoms with van der Waals surface area (Å²) in [6.45, 7) is 2.17. The predicted octanol–water partition coefficient (Wildman–Crippen LogP) is 1.17. The molecule has 0 aromatic rings. The van der Waals surface area contributed by atoms with Crippen molar-refractivity contribution < 1.29 is 9.09 Å². The van der Waals surface area contributed by atoms with Gasteiger partial charge in [0.05, 0.1) is 6.61 Å². The molecule has 0 aliphatic heterocycles.